The van der Waals surface area contributed by atoms with Crippen molar-refractivity contribution in [3.63, 3.8) is 0 Å². The number of phenols is 1. The summed E-state index contributed by atoms with van der Waals surface area (Å²) in [6.45, 7) is 16.7. The molecule has 0 radical (unpaired) electrons. The number of piperidine rings is 1. The van der Waals surface area contributed by atoms with Crippen molar-refractivity contribution >= 4 is 6.41 Å². The van der Waals surface area contributed by atoms with Crippen LogP contribution < -0.4 is 10.6 Å². The molecule has 162 valence electrons. The number of hydrogen-bond acceptors (Lipinski definition) is 4. The smallest absolute Gasteiger partial charge is 0.207 e. The number of amides is 1. The second-order valence-corrected chi connectivity index (χ2v) is 7.21. The second kappa shape index (κ2) is 17.5. The molecule has 0 aromatic heterocycles. The van der Waals surface area contributed by atoms with Crippen molar-refractivity contribution < 1.29 is 9.90 Å². The lowest BCUT2D eigenvalue weighted by atomic mass is 10.0. The summed E-state index contributed by atoms with van der Waals surface area (Å²) < 4.78 is 0. The van der Waals surface area contributed by atoms with Crippen LogP contribution >= 0.6 is 0 Å². The van der Waals surface area contributed by atoms with E-state index in [9.17, 15) is 4.79 Å². The summed E-state index contributed by atoms with van der Waals surface area (Å²) in [5.41, 5.74) is 2.60. The third-order valence-electron chi connectivity index (χ3n) is 4.47. The van der Waals surface area contributed by atoms with E-state index in [0.717, 1.165) is 44.9 Å². The summed E-state index contributed by atoms with van der Waals surface area (Å²) in [7, 11) is 0. The first-order valence-corrected chi connectivity index (χ1v) is 11.0. The fourth-order valence-corrected chi connectivity index (χ4v) is 3.24. The number of carbonyl (C=O) groups is 1. The number of benzene rings is 1. The van der Waals surface area contributed by atoms with Gasteiger partial charge in [-0.25, -0.2) is 0 Å². The van der Waals surface area contributed by atoms with Crippen LogP contribution in [0.4, 0.5) is 0 Å². The number of nitrogens with one attached hydrogen (secondary N) is 2. The van der Waals surface area contributed by atoms with Crippen molar-refractivity contribution in [3.8, 4) is 5.75 Å². The van der Waals surface area contributed by atoms with E-state index in [1.807, 2.05) is 26.0 Å². The van der Waals surface area contributed by atoms with Crippen LogP contribution in [0.2, 0.25) is 0 Å². The van der Waals surface area contributed by atoms with Crippen LogP contribution in [-0.2, 0) is 17.8 Å². The largest absolute Gasteiger partial charge is 0.508 e. The SMILES string of the molecule is CC.CC1CCCN(CCNC=O)C1.CCC.Oc1ccc2c(c1)CNCC2. The van der Waals surface area contributed by atoms with Crippen LogP contribution in [0.1, 0.15) is 65.0 Å². The molecule has 2 heterocycles. The van der Waals surface area contributed by atoms with Gasteiger partial charge >= 0.3 is 0 Å². The first-order valence-electron chi connectivity index (χ1n) is 11.0. The van der Waals surface area contributed by atoms with Gasteiger partial charge in [0, 0.05) is 26.2 Å². The molecule has 3 N–H and O–H groups in total. The van der Waals surface area contributed by atoms with Crippen molar-refractivity contribution in [1.82, 2.24) is 15.5 Å². The number of carbonyl (C=O) groups excluding carboxylic acids is 1. The molecule has 2 aliphatic heterocycles. The van der Waals surface area contributed by atoms with Crippen LogP contribution in [0.15, 0.2) is 18.2 Å². The number of rotatable bonds is 4. The third-order valence-corrected chi connectivity index (χ3v) is 4.47. The quantitative estimate of drug-likeness (QED) is 0.535. The number of phenolic OH excluding ortho intramolecular Hbond substituents is 1. The van der Waals surface area contributed by atoms with Gasteiger partial charge in [0.15, 0.2) is 0 Å². The van der Waals surface area contributed by atoms with Gasteiger partial charge < -0.3 is 20.6 Å². The zero-order valence-corrected chi connectivity index (χ0v) is 18.8. The maximum absolute atomic E-state index is 9.98. The van der Waals surface area contributed by atoms with Gasteiger partial charge in [0.1, 0.15) is 5.75 Å². The fourth-order valence-electron chi connectivity index (χ4n) is 3.24. The Morgan fingerprint density at radius 2 is 2.00 bits per heavy atom. The topological polar surface area (TPSA) is 64.6 Å². The Morgan fingerprint density at radius 1 is 1.29 bits per heavy atom. The van der Waals surface area contributed by atoms with E-state index in [4.69, 9.17) is 5.11 Å². The molecule has 0 aliphatic carbocycles. The van der Waals surface area contributed by atoms with Gasteiger partial charge in [-0.15, -0.1) is 0 Å². The van der Waals surface area contributed by atoms with Gasteiger partial charge in [-0.1, -0.05) is 47.1 Å². The zero-order valence-electron chi connectivity index (χ0n) is 18.8. The summed E-state index contributed by atoms with van der Waals surface area (Å²) in [5.74, 6) is 1.20. The number of nitrogens with zero attached hydrogens (tertiary/aromatic N) is 1. The molecular weight excluding hydrogens is 350 g/mol. The van der Waals surface area contributed by atoms with Gasteiger partial charge in [-0.05, 0) is 61.5 Å². The van der Waals surface area contributed by atoms with Crippen LogP contribution in [0.5, 0.6) is 5.75 Å². The molecule has 5 heteroatoms. The van der Waals surface area contributed by atoms with Crippen molar-refractivity contribution in [2.75, 3.05) is 32.7 Å². The van der Waals surface area contributed by atoms with Crippen molar-refractivity contribution in [2.24, 2.45) is 5.92 Å². The number of likely N-dealkylation sites (tertiary alicyclic amines) is 1. The molecule has 1 atom stereocenters. The summed E-state index contributed by atoms with van der Waals surface area (Å²) in [6, 6.07) is 5.59. The zero-order chi connectivity index (χ0) is 21.2. The van der Waals surface area contributed by atoms with E-state index in [1.54, 1.807) is 6.07 Å². The van der Waals surface area contributed by atoms with Crippen LogP contribution in [0.25, 0.3) is 0 Å². The van der Waals surface area contributed by atoms with Gasteiger partial charge in [-0.2, -0.15) is 0 Å². The maximum atomic E-state index is 9.98. The lowest BCUT2D eigenvalue weighted by Gasteiger charge is -2.30. The normalized spacial score (nSPS) is 18.0. The maximum Gasteiger partial charge on any atom is 0.207 e. The lowest BCUT2D eigenvalue weighted by molar-refractivity contribution is -0.109. The van der Waals surface area contributed by atoms with Crippen molar-refractivity contribution in [3.05, 3.63) is 29.3 Å². The minimum atomic E-state index is 0.368. The Balaban J connectivity index is 0.000000425. The van der Waals surface area contributed by atoms with Crippen LogP contribution in [0.3, 0.4) is 0 Å². The molecule has 3 rings (SSSR count). The molecule has 1 aromatic carbocycles. The molecule has 1 amide bonds. The van der Waals surface area contributed by atoms with E-state index >= 15 is 0 Å². The fraction of sp³-hybridized carbons (Fsp3) is 0.696. The summed E-state index contributed by atoms with van der Waals surface area (Å²) in [5, 5.41) is 15.1. The monoisotopic (exact) mass is 393 g/mol. The molecule has 28 heavy (non-hydrogen) atoms. The van der Waals surface area contributed by atoms with E-state index in [1.165, 1.54) is 43.5 Å². The van der Waals surface area contributed by atoms with E-state index in [2.05, 4.69) is 36.3 Å². The van der Waals surface area contributed by atoms with Crippen LogP contribution in [-0.4, -0.2) is 49.1 Å². The van der Waals surface area contributed by atoms with Gasteiger partial charge in [0.25, 0.3) is 0 Å². The molecule has 1 saturated heterocycles. The molecule has 5 nitrogen and oxygen atoms in total. The summed E-state index contributed by atoms with van der Waals surface area (Å²) in [4.78, 5) is 12.4. The Hall–Kier alpha value is -1.59. The highest BCUT2D eigenvalue weighted by Gasteiger charge is 2.14. The van der Waals surface area contributed by atoms with Crippen molar-refractivity contribution in [1.29, 1.82) is 0 Å². The Bertz CT molecular complexity index is 509. The second-order valence-electron chi connectivity index (χ2n) is 7.21. The van der Waals surface area contributed by atoms with Crippen molar-refractivity contribution in [2.45, 2.75) is 66.8 Å². The van der Waals surface area contributed by atoms with Gasteiger partial charge in [0.2, 0.25) is 6.41 Å². The predicted octanol–water partition coefficient (Wildman–Crippen LogP) is 3.94. The molecule has 1 fully saturated rings. The first-order chi connectivity index (χ1) is 13.6. The Labute approximate surface area is 172 Å². The predicted molar refractivity (Wildman–Crippen MR) is 120 cm³/mol. The molecule has 2 aliphatic rings. The molecule has 0 spiro atoms. The highest BCUT2D eigenvalue weighted by atomic mass is 16.3. The van der Waals surface area contributed by atoms with Crippen LogP contribution in [0, 0.1) is 5.92 Å². The molecular formula is C23H43N3O2. The number of hydrogen-bond donors (Lipinski definition) is 3. The average Bonchev–Trinajstić information content (AvgIpc) is 2.71. The minimum Gasteiger partial charge on any atom is -0.508 e. The summed E-state index contributed by atoms with van der Waals surface area (Å²) >= 11 is 0. The standard InChI is InChI=1S/C9H18N2O.C9H11NO.C3H8.C2H6/c1-9-3-2-5-11(7-9)6-4-10-8-12;11-9-2-1-7-3-4-10-6-8(7)5-9;1-3-2;1-2/h8-9H,2-7H2,1H3,(H,10,12);1-2,5,10-11H,3-4,6H2;3H2,1-2H3;1-2H3. The van der Waals surface area contributed by atoms with E-state index < -0.39 is 0 Å². The molecule has 1 aromatic rings. The van der Waals surface area contributed by atoms with E-state index in [0.29, 0.717) is 5.75 Å². The highest BCUT2D eigenvalue weighted by molar-refractivity contribution is 5.45. The third kappa shape index (κ3) is 12.0. The average molecular weight is 394 g/mol. The first kappa shape index (κ1) is 26.4. The molecule has 0 saturated carbocycles. The lowest BCUT2D eigenvalue weighted by Crippen LogP contribution is -2.38. The highest BCUT2D eigenvalue weighted by Crippen LogP contribution is 2.19. The van der Waals surface area contributed by atoms with Gasteiger partial charge in [0.05, 0.1) is 0 Å². The number of aromatic hydroxyl groups is 1. The minimum absolute atomic E-state index is 0.368. The number of fused-ring (bicyclic) bond motifs is 1. The Morgan fingerprint density at radius 3 is 2.64 bits per heavy atom. The molecule has 0 bridgehead atoms. The van der Waals surface area contributed by atoms with E-state index in [-0.39, 0.29) is 0 Å². The molecule has 1 unspecified atom stereocenters. The Kier molecular flexibility index (Phi) is 16.5. The van der Waals surface area contributed by atoms with Gasteiger partial charge in [-0.3, -0.25) is 4.79 Å². The summed E-state index contributed by atoms with van der Waals surface area (Å²) in [6.07, 6.45) is 5.77.